The lowest BCUT2D eigenvalue weighted by molar-refractivity contribution is 0.0600. The van der Waals surface area contributed by atoms with Gasteiger partial charge < -0.3 is 15.2 Å². The molecule has 176 valence electrons. The van der Waals surface area contributed by atoms with Crippen molar-refractivity contribution >= 4 is 39.8 Å². The van der Waals surface area contributed by atoms with Crippen molar-refractivity contribution in [2.45, 2.75) is 22.3 Å². The molecule has 3 aromatic carbocycles. The van der Waals surface area contributed by atoms with Gasteiger partial charge in [0.2, 0.25) is 9.84 Å². The third-order valence-corrected chi connectivity index (χ3v) is 7.00. The van der Waals surface area contributed by atoms with Gasteiger partial charge in [-0.1, -0.05) is 35.9 Å². The number of carbonyl (C=O) groups is 1. The molecule has 0 bridgehead atoms. The number of sulfone groups is 1. The highest BCUT2D eigenvalue weighted by Crippen LogP contribution is 2.22. The van der Waals surface area contributed by atoms with Gasteiger partial charge in [-0.15, -0.1) is 12.4 Å². The summed E-state index contributed by atoms with van der Waals surface area (Å²) in [5.41, 5.74) is 2.00. The van der Waals surface area contributed by atoms with Crippen molar-refractivity contribution in [2.75, 3.05) is 20.2 Å². The Kier molecular flexibility index (Phi) is 9.88. The molecular weight excluding hydrogens is 485 g/mol. The average molecular weight is 510 g/mol. The van der Waals surface area contributed by atoms with Gasteiger partial charge in [0, 0.05) is 11.6 Å². The number of esters is 1. The van der Waals surface area contributed by atoms with E-state index in [0.29, 0.717) is 24.5 Å². The van der Waals surface area contributed by atoms with E-state index in [4.69, 9.17) is 11.6 Å². The van der Waals surface area contributed by atoms with E-state index in [-0.39, 0.29) is 27.8 Å². The van der Waals surface area contributed by atoms with Crippen LogP contribution >= 0.6 is 24.0 Å². The first-order valence-corrected chi connectivity index (χ1v) is 11.8. The number of hydrogen-bond donors (Lipinski definition) is 2. The Morgan fingerprint density at radius 1 is 1.03 bits per heavy atom. The number of aliphatic hydroxyl groups excluding tert-OH is 1. The van der Waals surface area contributed by atoms with Gasteiger partial charge in [-0.2, -0.15) is 0 Å². The lowest BCUT2D eigenvalue weighted by atomic mass is 10.1. The molecule has 0 spiro atoms. The van der Waals surface area contributed by atoms with Gasteiger partial charge in [-0.3, -0.25) is 0 Å². The lowest BCUT2D eigenvalue weighted by Crippen LogP contribution is -2.23. The second kappa shape index (κ2) is 12.2. The first-order chi connectivity index (χ1) is 15.3. The van der Waals surface area contributed by atoms with Crippen LogP contribution in [0.15, 0.2) is 82.6 Å². The molecule has 0 aliphatic heterocycles. The van der Waals surface area contributed by atoms with Crippen molar-refractivity contribution < 1.29 is 23.1 Å². The number of rotatable bonds is 9. The van der Waals surface area contributed by atoms with Crippen molar-refractivity contribution in [3.63, 3.8) is 0 Å². The van der Waals surface area contributed by atoms with E-state index >= 15 is 0 Å². The molecule has 1 atom stereocenters. The van der Waals surface area contributed by atoms with Crippen LogP contribution < -0.4 is 5.32 Å². The largest absolute Gasteiger partial charge is 0.465 e. The highest BCUT2D eigenvalue weighted by atomic mass is 35.5. The highest BCUT2D eigenvalue weighted by molar-refractivity contribution is 7.91. The monoisotopic (exact) mass is 509 g/mol. The Morgan fingerprint density at radius 3 is 2.21 bits per heavy atom. The van der Waals surface area contributed by atoms with Gasteiger partial charge in [-0.05, 0) is 72.6 Å². The molecular formula is C24H25Cl2NO5S. The number of halogens is 2. The fraction of sp³-hybridized carbons (Fsp3) is 0.208. The van der Waals surface area contributed by atoms with Crippen molar-refractivity contribution in [3.05, 3.63) is 94.5 Å². The lowest BCUT2D eigenvalue weighted by Gasteiger charge is -2.12. The zero-order valence-corrected chi connectivity index (χ0v) is 20.3. The molecule has 6 nitrogen and oxygen atoms in total. The van der Waals surface area contributed by atoms with Crippen LogP contribution in [0.5, 0.6) is 0 Å². The Balaban J connectivity index is 0.00000385. The third kappa shape index (κ3) is 7.03. The first-order valence-electron chi connectivity index (χ1n) is 9.98. The molecule has 3 rings (SSSR count). The standard InChI is InChI=1S/C24H24ClNO5S.ClH/c1-31-24(28)18-7-11-22(12-8-18)32(29,30)21-9-5-17(6-10-21)13-14-26-16-23(27)19-3-2-4-20(25)15-19;/h2-12,15,23,26-27H,13-14,16H2,1H3;1H/t23-;/m0./s1. The molecule has 0 saturated carbocycles. The summed E-state index contributed by atoms with van der Waals surface area (Å²) < 4.78 is 30.3. The minimum Gasteiger partial charge on any atom is -0.465 e. The molecule has 0 unspecified atom stereocenters. The van der Waals surface area contributed by atoms with Crippen molar-refractivity contribution in [3.8, 4) is 0 Å². The average Bonchev–Trinajstić information content (AvgIpc) is 2.81. The molecule has 0 aromatic heterocycles. The molecule has 0 aliphatic carbocycles. The Morgan fingerprint density at radius 2 is 1.64 bits per heavy atom. The van der Waals surface area contributed by atoms with Gasteiger partial charge in [0.1, 0.15) is 0 Å². The fourth-order valence-corrected chi connectivity index (χ4v) is 4.62. The first kappa shape index (κ1) is 26.8. The van der Waals surface area contributed by atoms with Crippen molar-refractivity contribution in [2.24, 2.45) is 0 Å². The maximum absolute atomic E-state index is 12.8. The zero-order valence-electron chi connectivity index (χ0n) is 17.9. The minimum absolute atomic E-state index is 0. The van der Waals surface area contributed by atoms with E-state index < -0.39 is 21.9 Å². The number of ether oxygens (including phenoxy) is 1. The quantitative estimate of drug-likeness (QED) is 0.331. The second-order valence-corrected chi connectivity index (χ2v) is 9.57. The molecule has 33 heavy (non-hydrogen) atoms. The van der Waals surface area contributed by atoms with Crippen molar-refractivity contribution in [1.82, 2.24) is 5.32 Å². The Hall–Kier alpha value is -2.42. The molecule has 3 aromatic rings. The summed E-state index contributed by atoms with van der Waals surface area (Å²) in [6.07, 6.45) is 0.0166. The predicted octanol–water partition coefficient (Wildman–Crippen LogP) is 4.25. The van der Waals surface area contributed by atoms with Gasteiger partial charge in [0.15, 0.2) is 0 Å². The summed E-state index contributed by atoms with van der Waals surface area (Å²) in [7, 11) is -2.42. The minimum atomic E-state index is -3.69. The van der Waals surface area contributed by atoms with E-state index in [1.807, 2.05) is 6.07 Å². The van der Waals surface area contributed by atoms with Crippen LogP contribution in [-0.4, -0.2) is 39.7 Å². The summed E-state index contributed by atoms with van der Waals surface area (Å²) in [5.74, 6) is -0.521. The highest BCUT2D eigenvalue weighted by Gasteiger charge is 2.18. The number of benzene rings is 3. The fourth-order valence-electron chi connectivity index (χ4n) is 3.16. The van der Waals surface area contributed by atoms with Crippen LogP contribution in [0.4, 0.5) is 0 Å². The van der Waals surface area contributed by atoms with E-state index in [1.54, 1.807) is 42.5 Å². The zero-order chi connectivity index (χ0) is 23.1. The Labute approximate surface area is 204 Å². The number of methoxy groups -OCH3 is 1. The van der Waals surface area contributed by atoms with E-state index in [9.17, 15) is 18.3 Å². The van der Waals surface area contributed by atoms with Gasteiger partial charge in [0.25, 0.3) is 0 Å². The summed E-state index contributed by atoms with van der Waals surface area (Å²) >= 11 is 5.95. The van der Waals surface area contributed by atoms with Crippen molar-refractivity contribution in [1.29, 1.82) is 0 Å². The number of nitrogens with one attached hydrogen (secondary N) is 1. The van der Waals surface area contributed by atoms with Crippen LogP contribution in [0.1, 0.15) is 27.6 Å². The van der Waals surface area contributed by atoms with Crippen LogP contribution in [0.3, 0.4) is 0 Å². The summed E-state index contributed by atoms with van der Waals surface area (Å²) in [5, 5.41) is 14.0. The van der Waals surface area contributed by atoms with Crippen LogP contribution in [0.25, 0.3) is 0 Å². The van der Waals surface area contributed by atoms with Gasteiger partial charge in [0.05, 0.1) is 28.6 Å². The Bertz CT molecular complexity index is 1170. The van der Waals surface area contributed by atoms with Gasteiger partial charge in [-0.25, -0.2) is 13.2 Å². The van der Waals surface area contributed by atoms with Crippen LogP contribution in [0.2, 0.25) is 5.02 Å². The molecule has 0 fully saturated rings. The summed E-state index contributed by atoms with van der Waals surface area (Å²) in [4.78, 5) is 11.8. The second-order valence-electron chi connectivity index (χ2n) is 7.19. The van der Waals surface area contributed by atoms with E-state index in [0.717, 1.165) is 11.1 Å². The molecule has 0 radical (unpaired) electrons. The van der Waals surface area contributed by atoms with E-state index in [1.165, 1.54) is 31.4 Å². The maximum atomic E-state index is 12.8. The molecule has 2 N–H and O–H groups in total. The number of carbonyl (C=O) groups excluding carboxylic acids is 1. The number of hydrogen-bond acceptors (Lipinski definition) is 6. The van der Waals surface area contributed by atoms with E-state index in [2.05, 4.69) is 10.1 Å². The normalized spacial score (nSPS) is 12.0. The van der Waals surface area contributed by atoms with Crippen LogP contribution in [0, 0.1) is 0 Å². The predicted molar refractivity (Wildman–Crippen MR) is 130 cm³/mol. The third-order valence-electron chi connectivity index (χ3n) is 4.98. The maximum Gasteiger partial charge on any atom is 0.337 e. The topological polar surface area (TPSA) is 92.7 Å². The molecule has 0 heterocycles. The molecule has 0 aliphatic rings. The SMILES string of the molecule is COC(=O)c1ccc(S(=O)(=O)c2ccc(CCNC[C@H](O)c3cccc(Cl)c3)cc2)cc1.Cl. The summed E-state index contributed by atoms with van der Waals surface area (Å²) in [6.45, 7) is 1.01. The number of aliphatic hydroxyl groups is 1. The molecule has 0 amide bonds. The van der Waals surface area contributed by atoms with Crippen LogP contribution in [-0.2, 0) is 21.0 Å². The molecule has 0 saturated heterocycles. The van der Waals surface area contributed by atoms with Gasteiger partial charge >= 0.3 is 5.97 Å². The summed E-state index contributed by atoms with van der Waals surface area (Å²) in [6, 6.07) is 19.4. The molecule has 9 heteroatoms. The smallest absolute Gasteiger partial charge is 0.337 e.